The van der Waals surface area contributed by atoms with Crippen molar-refractivity contribution in [2.24, 2.45) is 0 Å². The molecule has 0 aliphatic carbocycles. The summed E-state index contributed by atoms with van der Waals surface area (Å²) in [5.41, 5.74) is 0.743. The molecule has 1 fully saturated rings. The topological polar surface area (TPSA) is 49.4 Å². The minimum atomic E-state index is -0.268. The lowest BCUT2D eigenvalue weighted by atomic mass is 10.2. The Morgan fingerprint density at radius 1 is 1.21 bits per heavy atom. The fraction of sp³-hybridized carbons (Fsp3) is 0.273. The SMILES string of the molecule is O=C(C=Cc1ccc(Sc2ccc(F)cc2)cc1Cl)NCCCN1CCCC1=O. The number of hydrogen-bond acceptors (Lipinski definition) is 3. The Morgan fingerprint density at radius 3 is 2.66 bits per heavy atom. The molecule has 2 aromatic carbocycles. The molecule has 2 aromatic rings. The first-order valence-electron chi connectivity index (χ1n) is 9.48. The molecule has 1 aliphatic rings. The number of nitrogens with one attached hydrogen (secondary N) is 1. The summed E-state index contributed by atoms with van der Waals surface area (Å²) in [6.45, 7) is 2.02. The molecule has 0 radical (unpaired) electrons. The molecule has 1 aliphatic heterocycles. The predicted molar refractivity (Wildman–Crippen MR) is 114 cm³/mol. The van der Waals surface area contributed by atoms with Gasteiger partial charge in [0.05, 0.1) is 0 Å². The molecule has 1 saturated heterocycles. The summed E-state index contributed by atoms with van der Waals surface area (Å²) in [6.07, 6.45) is 5.43. The van der Waals surface area contributed by atoms with Gasteiger partial charge in [-0.2, -0.15) is 0 Å². The van der Waals surface area contributed by atoms with Crippen molar-refractivity contribution in [2.75, 3.05) is 19.6 Å². The van der Waals surface area contributed by atoms with Gasteiger partial charge in [0, 0.05) is 46.9 Å². The fourth-order valence-electron chi connectivity index (χ4n) is 2.99. The molecule has 1 heterocycles. The third-order valence-corrected chi connectivity index (χ3v) is 5.84. The van der Waals surface area contributed by atoms with Gasteiger partial charge in [-0.3, -0.25) is 9.59 Å². The standard InChI is InChI=1S/C22H22ClFN2O2S/c23-20-15-19(29-18-9-6-17(24)7-10-18)8-4-16(20)5-11-21(27)25-12-2-14-26-13-1-3-22(26)28/h4-11,15H,1-3,12-14H2,(H,25,27). The van der Waals surface area contributed by atoms with Gasteiger partial charge >= 0.3 is 0 Å². The minimum absolute atomic E-state index is 0.196. The minimum Gasteiger partial charge on any atom is -0.352 e. The molecule has 0 bridgehead atoms. The molecule has 7 heteroatoms. The highest BCUT2D eigenvalue weighted by Gasteiger charge is 2.18. The molecular weight excluding hydrogens is 411 g/mol. The van der Waals surface area contributed by atoms with Crippen LogP contribution in [0.1, 0.15) is 24.8 Å². The predicted octanol–water partition coefficient (Wildman–Crippen LogP) is 4.77. The van der Waals surface area contributed by atoms with Crippen molar-refractivity contribution in [3.63, 3.8) is 0 Å². The second-order valence-corrected chi connectivity index (χ2v) is 8.26. The van der Waals surface area contributed by atoms with Crippen LogP contribution >= 0.6 is 23.4 Å². The van der Waals surface area contributed by atoms with E-state index in [1.165, 1.54) is 30.0 Å². The summed E-state index contributed by atoms with van der Waals surface area (Å²) in [6, 6.07) is 11.8. The van der Waals surface area contributed by atoms with Crippen LogP contribution in [0.5, 0.6) is 0 Å². The Hall–Kier alpha value is -2.31. The van der Waals surface area contributed by atoms with Gasteiger partial charge in [0.25, 0.3) is 0 Å². The summed E-state index contributed by atoms with van der Waals surface area (Å²) in [5.74, 6) is -0.263. The van der Waals surface area contributed by atoms with Crippen LogP contribution in [0.4, 0.5) is 4.39 Å². The second kappa shape index (κ2) is 10.5. The Kier molecular flexibility index (Phi) is 7.72. The zero-order valence-electron chi connectivity index (χ0n) is 15.9. The van der Waals surface area contributed by atoms with E-state index >= 15 is 0 Å². The maximum Gasteiger partial charge on any atom is 0.244 e. The van der Waals surface area contributed by atoms with Crippen molar-refractivity contribution in [2.45, 2.75) is 29.1 Å². The lowest BCUT2D eigenvalue weighted by Crippen LogP contribution is -2.29. The van der Waals surface area contributed by atoms with Crippen molar-refractivity contribution in [3.05, 3.63) is 64.9 Å². The van der Waals surface area contributed by atoms with Crippen LogP contribution in [0, 0.1) is 5.82 Å². The Balaban J connectivity index is 1.46. The highest BCUT2D eigenvalue weighted by atomic mass is 35.5. The summed E-state index contributed by atoms with van der Waals surface area (Å²) in [5, 5.41) is 3.35. The highest BCUT2D eigenvalue weighted by Crippen LogP contribution is 2.31. The molecule has 2 amide bonds. The fourth-order valence-corrected chi connectivity index (χ4v) is 4.16. The molecule has 4 nitrogen and oxygen atoms in total. The number of amides is 2. The van der Waals surface area contributed by atoms with Gasteiger partial charge in [-0.1, -0.05) is 29.4 Å². The van der Waals surface area contributed by atoms with Crippen LogP contribution in [0.25, 0.3) is 6.08 Å². The Morgan fingerprint density at radius 2 is 1.97 bits per heavy atom. The molecule has 1 N–H and O–H groups in total. The number of nitrogens with zero attached hydrogens (tertiary/aromatic N) is 1. The van der Waals surface area contributed by atoms with Crippen molar-refractivity contribution in [3.8, 4) is 0 Å². The van der Waals surface area contributed by atoms with E-state index in [1.807, 2.05) is 23.1 Å². The van der Waals surface area contributed by atoms with Crippen molar-refractivity contribution in [1.82, 2.24) is 10.2 Å². The zero-order chi connectivity index (χ0) is 20.6. The van der Waals surface area contributed by atoms with E-state index in [0.29, 0.717) is 24.5 Å². The van der Waals surface area contributed by atoms with Crippen molar-refractivity contribution in [1.29, 1.82) is 0 Å². The Labute approximate surface area is 179 Å². The average molecular weight is 433 g/mol. The summed E-state index contributed by atoms with van der Waals surface area (Å²) in [4.78, 5) is 27.2. The molecule has 0 unspecified atom stereocenters. The lowest BCUT2D eigenvalue weighted by molar-refractivity contribution is -0.127. The van der Waals surface area contributed by atoms with E-state index in [0.717, 1.165) is 34.7 Å². The number of rotatable bonds is 8. The zero-order valence-corrected chi connectivity index (χ0v) is 17.4. The summed E-state index contributed by atoms with van der Waals surface area (Å²) < 4.78 is 13.0. The molecule has 0 aromatic heterocycles. The number of hydrogen-bond donors (Lipinski definition) is 1. The number of carbonyl (C=O) groups is 2. The largest absolute Gasteiger partial charge is 0.352 e. The first-order valence-corrected chi connectivity index (χ1v) is 10.7. The monoisotopic (exact) mass is 432 g/mol. The van der Waals surface area contributed by atoms with E-state index in [-0.39, 0.29) is 17.6 Å². The van der Waals surface area contributed by atoms with Crippen LogP contribution in [0.15, 0.2) is 58.3 Å². The van der Waals surface area contributed by atoms with E-state index in [2.05, 4.69) is 5.32 Å². The van der Waals surface area contributed by atoms with E-state index in [9.17, 15) is 14.0 Å². The lowest BCUT2D eigenvalue weighted by Gasteiger charge is -2.14. The van der Waals surface area contributed by atoms with Gasteiger partial charge in [0.2, 0.25) is 11.8 Å². The normalized spacial score (nSPS) is 14.0. The third kappa shape index (κ3) is 6.61. The quantitative estimate of drug-likeness (QED) is 0.482. The highest BCUT2D eigenvalue weighted by molar-refractivity contribution is 7.99. The number of likely N-dealkylation sites (tertiary alicyclic amines) is 1. The second-order valence-electron chi connectivity index (χ2n) is 6.70. The third-order valence-electron chi connectivity index (χ3n) is 4.51. The van der Waals surface area contributed by atoms with E-state index < -0.39 is 0 Å². The number of carbonyl (C=O) groups excluding carboxylic acids is 2. The smallest absolute Gasteiger partial charge is 0.244 e. The van der Waals surface area contributed by atoms with Crippen molar-refractivity contribution < 1.29 is 14.0 Å². The van der Waals surface area contributed by atoms with Crippen LogP contribution in [0.2, 0.25) is 5.02 Å². The van der Waals surface area contributed by atoms with Gasteiger partial charge < -0.3 is 10.2 Å². The van der Waals surface area contributed by atoms with Gasteiger partial charge in [-0.05, 0) is 60.9 Å². The maximum atomic E-state index is 13.0. The van der Waals surface area contributed by atoms with Gasteiger partial charge in [-0.15, -0.1) is 0 Å². The Bertz CT molecular complexity index is 902. The van der Waals surface area contributed by atoms with Crippen molar-refractivity contribution >= 4 is 41.3 Å². The van der Waals surface area contributed by atoms with Gasteiger partial charge in [0.15, 0.2) is 0 Å². The van der Waals surface area contributed by atoms with E-state index in [4.69, 9.17) is 11.6 Å². The van der Waals surface area contributed by atoms with E-state index in [1.54, 1.807) is 18.2 Å². The van der Waals surface area contributed by atoms with Crippen LogP contribution < -0.4 is 5.32 Å². The first-order chi connectivity index (χ1) is 14.0. The van der Waals surface area contributed by atoms with Crippen LogP contribution in [-0.2, 0) is 9.59 Å². The molecule has 0 spiro atoms. The van der Waals surface area contributed by atoms with Crippen LogP contribution in [-0.4, -0.2) is 36.3 Å². The molecule has 0 saturated carbocycles. The molecule has 0 atom stereocenters. The van der Waals surface area contributed by atoms with Gasteiger partial charge in [-0.25, -0.2) is 4.39 Å². The summed E-state index contributed by atoms with van der Waals surface area (Å²) >= 11 is 7.81. The van der Waals surface area contributed by atoms with Crippen LogP contribution in [0.3, 0.4) is 0 Å². The molecular formula is C22H22ClFN2O2S. The molecule has 3 rings (SSSR count). The average Bonchev–Trinajstić information content (AvgIpc) is 3.11. The molecule has 152 valence electrons. The number of benzene rings is 2. The van der Waals surface area contributed by atoms with Gasteiger partial charge in [0.1, 0.15) is 5.82 Å². The molecule has 29 heavy (non-hydrogen) atoms. The maximum absolute atomic E-state index is 13.0. The summed E-state index contributed by atoms with van der Waals surface area (Å²) in [7, 11) is 0. The first kappa shape index (κ1) is 21.4. The number of halogens is 2.